The molecule has 43 heavy (non-hydrogen) atoms. The maximum atomic E-state index is 13.4. The number of aryl methyl sites for hydroxylation is 1. The molecule has 0 radical (unpaired) electrons. The van der Waals surface area contributed by atoms with E-state index in [0.717, 1.165) is 27.7 Å². The number of pyridine rings is 1. The minimum atomic E-state index is -1.16. The molecule has 2 amide bonds. The molecular formula is C34H37N5O4. The van der Waals surface area contributed by atoms with Gasteiger partial charge in [-0.2, -0.15) is 0 Å². The van der Waals surface area contributed by atoms with E-state index in [2.05, 4.69) is 34.1 Å². The minimum Gasteiger partial charge on any atom is -0.461 e. The first-order valence-electron chi connectivity index (χ1n) is 14.7. The van der Waals surface area contributed by atoms with Gasteiger partial charge in [-0.1, -0.05) is 18.2 Å². The van der Waals surface area contributed by atoms with Crippen molar-refractivity contribution < 1.29 is 14.0 Å². The molecule has 1 aliphatic rings. The number of hydrogen-bond donors (Lipinski definition) is 1. The Labute approximate surface area is 250 Å². The van der Waals surface area contributed by atoms with Crippen molar-refractivity contribution in [2.45, 2.75) is 47.3 Å². The first kappa shape index (κ1) is 28.5. The van der Waals surface area contributed by atoms with Crippen LogP contribution in [-0.2, 0) is 29.2 Å². The largest absolute Gasteiger partial charge is 0.461 e. The number of aromatic nitrogens is 2. The second-order valence-electron chi connectivity index (χ2n) is 11.9. The maximum absolute atomic E-state index is 13.4. The van der Waals surface area contributed by atoms with E-state index < -0.39 is 5.41 Å². The lowest BCUT2D eigenvalue weighted by Crippen LogP contribution is -2.47. The summed E-state index contributed by atoms with van der Waals surface area (Å²) in [5.41, 5.74) is 4.05. The van der Waals surface area contributed by atoms with Crippen LogP contribution in [0.25, 0.3) is 21.9 Å². The van der Waals surface area contributed by atoms with Crippen LogP contribution in [0.15, 0.2) is 76.2 Å². The summed E-state index contributed by atoms with van der Waals surface area (Å²) < 4.78 is 7.37. The monoisotopic (exact) mass is 579 g/mol. The highest BCUT2D eigenvalue weighted by atomic mass is 16.3. The quantitative estimate of drug-likeness (QED) is 0.247. The molecule has 0 unspecified atom stereocenters. The standard InChI is InChI=1S/C34H37N5O4/c1-6-39-28-10-8-24(19-29(28)36(5)32(41)34(3,4)33(39)42)21-37(20-23-7-9-25-11-13-35-27(25)18-23)15-16-38-14-12-30-26(31(38)40)17-22(2)43-30/h7-14,17-19,35H,6,15-16,20-21H2,1-5H3. The molecule has 6 rings (SSSR count). The van der Waals surface area contributed by atoms with Gasteiger partial charge in [0.2, 0.25) is 11.8 Å². The lowest BCUT2D eigenvalue weighted by molar-refractivity contribution is -0.137. The SMILES string of the molecule is CCN1C(=O)C(C)(C)C(=O)N(C)c2cc(CN(CCn3ccc4oc(C)cc4c3=O)Cc3ccc4cc[nH]c4c3)ccc21. The molecule has 4 heterocycles. The van der Waals surface area contributed by atoms with Crippen molar-refractivity contribution in [3.8, 4) is 0 Å². The number of nitrogens with zero attached hydrogens (tertiary/aromatic N) is 4. The third-order valence-electron chi connectivity index (χ3n) is 8.50. The van der Waals surface area contributed by atoms with Crippen molar-refractivity contribution >= 4 is 45.1 Å². The van der Waals surface area contributed by atoms with Crippen LogP contribution in [0, 0.1) is 12.3 Å². The Balaban J connectivity index is 1.32. The number of furan rings is 1. The summed E-state index contributed by atoms with van der Waals surface area (Å²) in [5, 5.41) is 1.74. The number of anilines is 2. The summed E-state index contributed by atoms with van der Waals surface area (Å²) in [5.74, 6) is 0.284. The zero-order chi connectivity index (χ0) is 30.5. The van der Waals surface area contributed by atoms with Gasteiger partial charge in [0.15, 0.2) is 0 Å². The fourth-order valence-electron chi connectivity index (χ4n) is 6.10. The predicted octanol–water partition coefficient (Wildman–Crippen LogP) is 5.44. The van der Waals surface area contributed by atoms with Crippen LogP contribution < -0.4 is 15.4 Å². The van der Waals surface area contributed by atoms with Crippen molar-refractivity contribution in [2.24, 2.45) is 5.41 Å². The van der Waals surface area contributed by atoms with Gasteiger partial charge in [0.1, 0.15) is 16.8 Å². The number of carbonyl (C=O) groups excluding carboxylic acids is 2. The molecular weight excluding hydrogens is 542 g/mol. The van der Waals surface area contributed by atoms with E-state index in [9.17, 15) is 14.4 Å². The molecule has 1 aliphatic heterocycles. The predicted molar refractivity (Wildman–Crippen MR) is 169 cm³/mol. The Morgan fingerprint density at radius 3 is 2.42 bits per heavy atom. The Hall–Kier alpha value is -4.63. The summed E-state index contributed by atoms with van der Waals surface area (Å²) in [4.78, 5) is 48.8. The second-order valence-corrected chi connectivity index (χ2v) is 11.9. The smallest absolute Gasteiger partial charge is 0.261 e. The van der Waals surface area contributed by atoms with Gasteiger partial charge in [0.25, 0.3) is 5.56 Å². The fourth-order valence-corrected chi connectivity index (χ4v) is 6.10. The number of benzene rings is 2. The molecule has 0 bridgehead atoms. The summed E-state index contributed by atoms with van der Waals surface area (Å²) in [7, 11) is 1.74. The Morgan fingerprint density at radius 2 is 1.65 bits per heavy atom. The number of nitrogens with one attached hydrogen (secondary N) is 1. The van der Waals surface area contributed by atoms with E-state index in [4.69, 9.17) is 4.42 Å². The van der Waals surface area contributed by atoms with Crippen LogP contribution in [0.5, 0.6) is 0 Å². The number of aromatic amines is 1. The molecule has 5 aromatic rings. The third kappa shape index (κ3) is 5.14. The van der Waals surface area contributed by atoms with Gasteiger partial charge < -0.3 is 23.8 Å². The summed E-state index contributed by atoms with van der Waals surface area (Å²) >= 11 is 0. The molecule has 0 saturated heterocycles. The lowest BCUT2D eigenvalue weighted by atomic mass is 9.90. The van der Waals surface area contributed by atoms with Crippen LogP contribution in [0.1, 0.15) is 37.7 Å². The van der Waals surface area contributed by atoms with Crippen molar-refractivity contribution in [1.29, 1.82) is 0 Å². The summed E-state index contributed by atoms with van der Waals surface area (Å²) in [6.07, 6.45) is 3.73. The molecule has 0 saturated carbocycles. The van der Waals surface area contributed by atoms with Crippen molar-refractivity contribution in [3.63, 3.8) is 0 Å². The normalized spacial score (nSPS) is 15.1. The molecule has 222 valence electrons. The first-order valence-corrected chi connectivity index (χ1v) is 14.7. The van der Waals surface area contributed by atoms with E-state index in [1.54, 1.807) is 47.5 Å². The number of H-pyrrole nitrogens is 1. The average Bonchev–Trinajstić information content (AvgIpc) is 3.61. The molecule has 3 aromatic heterocycles. The van der Waals surface area contributed by atoms with Gasteiger partial charge in [0.05, 0.1) is 16.8 Å². The minimum absolute atomic E-state index is 0.0702. The molecule has 0 atom stereocenters. The molecule has 0 fully saturated rings. The Kier molecular flexibility index (Phi) is 7.22. The van der Waals surface area contributed by atoms with Crippen molar-refractivity contribution in [1.82, 2.24) is 14.5 Å². The summed E-state index contributed by atoms with van der Waals surface area (Å²) in [6.45, 7) is 9.98. The average molecular weight is 580 g/mol. The van der Waals surface area contributed by atoms with Gasteiger partial charge in [-0.3, -0.25) is 19.3 Å². The van der Waals surface area contributed by atoms with E-state index >= 15 is 0 Å². The molecule has 2 aromatic carbocycles. The number of carbonyl (C=O) groups is 2. The van der Waals surface area contributed by atoms with Gasteiger partial charge in [0, 0.05) is 57.7 Å². The number of hydrogen-bond acceptors (Lipinski definition) is 5. The van der Waals surface area contributed by atoms with Gasteiger partial charge >= 0.3 is 0 Å². The van der Waals surface area contributed by atoms with Crippen LogP contribution >= 0.6 is 0 Å². The van der Waals surface area contributed by atoms with E-state index in [0.29, 0.717) is 55.1 Å². The zero-order valence-electron chi connectivity index (χ0n) is 25.3. The maximum Gasteiger partial charge on any atom is 0.261 e. The first-order chi connectivity index (χ1) is 20.6. The van der Waals surface area contributed by atoms with E-state index in [1.165, 1.54) is 0 Å². The highest BCUT2D eigenvalue weighted by molar-refractivity contribution is 6.19. The highest BCUT2D eigenvalue weighted by Gasteiger charge is 2.45. The van der Waals surface area contributed by atoms with Crippen LogP contribution in [0.3, 0.4) is 0 Å². The van der Waals surface area contributed by atoms with Gasteiger partial charge in [-0.25, -0.2) is 0 Å². The van der Waals surface area contributed by atoms with E-state index in [1.807, 2.05) is 44.3 Å². The number of rotatable bonds is 8. The molecule has 1 N–H and O–H groups in total. The van der Waals surface area contributed by atoms with Crippen molar-refractivity contribution in [3.05, 3.63) is 94.2 Å². The van der Waals surface area contributed by atoms with Crippen LogP contribution in [0.2, 0.25) is 0 Å². The molecule has 9 nitrogen and oxygen atoms in total. The molecule has 0 aliphatic carbocycles. The lowest BCUT2D eigenvalue weighted by Gasteiger charge is -2.27. The second kappa shape index (κ2) is 10.9. The number of fused-ring (bicyclic) bond motifs is 3. The molecule has 0 spiro atoms. The fraction of sp³-hybridized carbons (Fsp3) is 0.324. The summed E-state index contributed by atoms with van der Waals surface area (Å²) in [6, 6.07) is 18.1. The highest BCUT2D eigenvalue weighted by Crippen LogP contribution is 2.39. The van der Waals surface area contributed by atoms with E-state index in [-0.39, 0.29) is 17.4 Å². The number of amides is 2. The van der Waals surface area contributed by atoms with Crippen LogP contribution in [-0.4, -0.2) is 46.4 Å². The Bertz CT molecular complexity index is 1910. The van der Waals surface area contributed by atoms with Crippen LogP contribution in [0.4, 0.5) is 11.4 Å². The Morgan fingerprint density at radius 1 is 0.907 bits per heavy atom. The van der Waals surface area contributed by atoms with Crippen molar-refractivity contribution in [2.75, 3.05) is 29.9 Å². The molecule has 9 heteroatoms. The zero-order valence-corrected chi connectivity index (χ0v) is 25.3. The van der Waals surface area contributed by atoms with Gasteiger partial charge in [-0.15, -0.1) is 0 Å². The van der Waals surface area contributed by atoms with Gasteiger partial charge in [-0.05, 0) is 80.6 Å². The topological polar surface area (TPSA) is 94.8 Å². The third-order valence-corrected chi connectivity index (χ3v) is 8.50.